The predicted molar refractivity (Wildman–Crippen MR) is 104 cm³/mol. The molecule has 2 aromatic carbocycles. The Kier molecular flexibility index (Phi) is 5.49. The molecular weight excluding hydrogens is 326 g/mol. The fourth-order valence-electron chi connectivity index (χ4n) is 2.63. The highest BCUT2D eigenvalue weighted by molar-refractivity contribution is 6.04. The molecule has 0 spiro atoms. The Morgan fingerprint density at radius 2 is 1.88 bits per heavy atom. The summed E-state index contributed by atoms with van der Waals surface area (Å²) in [7, 11) is 1.65. The molecule has 0 aliphatic rings. The van der Waals surface area contributed by atoms with Crippen molar-refractivity contribution in [3.05, 3.63) is 83.7 Å². The second-order valence-electron chi connectivity index (χ2n) is 5.95. The van der Waals surface area contributed by atoms with Gasteiger partial charge in [0.25, 0.3) is 5.91 Å². The van der Waals surface area contributed by atoms with Gasteiger partial charge in [0.05, 0.1) is 18.4 Å². The van der Waals surface area contributed by atoms with Crippen LogP contribution in [0, 0.1) is 6.92 Å². The smallest absolute Gasteiger partial charge is 0.257 e. The quantitative estimate of drug-likeness (QED) is 0.699. The van der Waals surface area contributed by atoms with Crippen LogP contribution in [-0.2, 0) is 6.54 Å². The standard InChI is InChI=1S/C21H21N3O2/c1-15-6-5-8-18(10-15)24-21(25)17-11-19(14-22-12-17)23-13-16-7-3-4-9-20(16)26-2/h3-12,14,23H,13H2,1-2H3,(H,24,25). The van der Waals surface area contributed by atoms with Crippen molar-refractivity contribution in [3.8, 4) is 5.75 Å². The number of aromatic nitrogens is 1. The summed E-state index contributed by atoms with van der Waals surface area (Å²) in [5, 5.41) is 6.17. The van der Waals surface area contributed by atoms with Gasteiger partial charge in [-0.25, -0.2) is 0 Å². The third-order valence-corrected chi connectivity index (χ3v) is 3.95. The van der Waals surface area contributed by atoms with Gasteiger partial charge < -0.3 is 15.4 Å². The Morgan fingerprint density at radius 3 is 2.69 bits per heavy atom. The van der Waals surface area contributed by atoms with Crippen LogP contribution in [0.4, 0.5) is 11.4 Å². The molecule has 132 valence electrons. The first-order valence-electron chi connectivity index (χ1n) is 8.34. The van der Waals surface area contributed by atoms with E-state index in [9.17, 15) is 4.79 Å². The fraction of sp³-hybridized carbons (Fsp3) is 0.143. The maximum atomic E-state index is 12.5. The molecule has 26 heavy (non-hydrogen) atoms. The average Bonchev–Trinajstić information content (AvgIpc) is 2.67. The molecule has 0 saturated heterocycles. The lowest BCUT2D eigenvalue weighted by molar-refractivity contribution is 0.102. The first kappa shape index (κ1) is 17.5. The third-order valence-electron chi connectivity index (χ3n) is 3.95. The van der Waals surface area contributed by atoms with Crippen molar-refractivity contribution in [2.24, 2.45) is 0 Å². The highest BCUT2D eigenvalue weighted by atomic mass is 16.5. The van der Waals surface area contributed by atoms with Crippen LogP contribution in [0.2, 0.25) is 0 Å². The number of anilines is 2. The summed E-state index contributed by atoms with van der Waals surface area (Å²) in [5.74, 6) is 0.630. The number of carbonyl (C=O) groups excluding carboxylic acids is 1. The van der Waals surface area contributed by atoms with Crippen LogP contribution in [0.1, 0.15) is 21.5 Å². The lowest BCUT2D eigenvalue weighted by Gasteiger charge is -2.11. The van der Waals surface area contributed by atoms with Gasteiger partial charge in [-0.15, -0.1) is 0 Å². The van der Waals surface area contributed by atoms with E-state index in [0.717, 1.165) is 28.3 Å². The van der Waals surface area contributed by atoms with E-state index in [1.165, 1.54) is 0 Å². The van der Waals surface area contributed by atoms with E-state index in [1.807, 2.05) is 55.5 Å². The lowest BCUT2D eigenvalue weighted by atomic mass is 10.2. The van der Waals surface area contributed by atoms with Crippen molar-refractivity contribution in [3.63, 3.8) is 0 Å². The van der Waals surface area contributed by atoms with Crippen molar-refractivity contribution in [2.45, 2.75) is 13.5 Å². The van der Waals surface area contributed by atoms with E-state index in [4.69, 9.17) is 4.74 Å². The zero-order valence-electron chi connectivity index (χ0n) is 14.8. The number of para-hydroxylation sites is 1. The van der Waals surface area contributed by atoms with Gasteiger partial charge in [0.1, 0.15) is 5.75 Å². The number of pyridine rings is 1. The number of carbonyl (C=O) groups is 1. The SMILES string of the molecule is COc1ccccc1CNc1cncc(C(=O)Nc2cccc(C)c2)c1. The highest BCUT2D eigenvalue weighted by Crippen LogP contribution is 2.19. The van der Waals surface area contributed by atoms with E-state index in [1.54, 1.807) is 25.6 Å². The zero-order chi connectivity index (χ0) is 18.4. The number of benzene rings is 2. The number of methoxy groups -OCH3 is 1. The Hall–Kier alpha value is -3.34. The van der Waals surface area contributed by atoms with Gasteiger partial charge >= 0.3 is 0 Å². The molecule has 0 fully saturated rings. The van der Waals surface area contributed by atoms with Crippen LogP contribution in [0.15, 0.2) is 67.0 Å². The summed E-state index contributed by atoms with van der Waals surface area (Å²) >= 11 is 0. The van der Waals surface area contributed by atoms with Gasteiger partial charge in [0.15, 0.2) is 0 Å². The minimum absolute atomic E-state index is 0.191. The molecule has 0 unspecified atom stereocenters. The van der Waals surface area contributed by atoms with Gasteiger partial charge in [-0.3, -0.25) is 9.78 Å². The second-order valence-corrected chi connectivity index (χ2v) is 5.95. The largest absolute Gasteiger partial charge is 0.496 e. The fourth-order valence-corrected chi connectivity index (χ4v) is 2.63. The molecule has 3 rings (SSSR count). The minimum atomic E-state index is -0.191. The second kappa shape index (κ2) is 8.16. The summed E-state index contributed by atoms with van der Waals surface area (Å²) in [6, 6.07) is 17.3. The number of nitrogens with one attached hydrogen (secondary N) is 2. The monoisotopic (exact) mass is 347 g/mol. The summed E-state index contributed by atoms with van der Waals surface area (Å²) in [6.07, 6.45) is 3.25. The van der Waals surface area contributed by atoms with E-state index in [2.05, 4.69) is 15.6 Å². The summed E-state index contributed by atoms with van der Waals surface area (Å²) in [4.78, 5) is 16.6. The highest BCUT2D eigenvalue weighted by Gasteiger charge is 2.08. The average molecular weight is 347 g/mol. The summed E-state index contributed by atoms with van der Waals surface area (Å²) in [6.45, 7) is 2.56. The first-order chi connectivity index (χ1) is 12.7. The van der Waals surface area contributed by atoms with Gasteiger partial charge in [-0.2, -0.15) is 0 Å². The van der Waals surface area contributed by atoms with Crippen molar-refractivity contribution >= 4 is 17.3 Å². The minimum Gasteiger partial charge on any atom is -0.496 e. The molecular formula is C21H21N3O2. The van der Waals surface area contributed by atoms with Crippen LogP contribution in [0.5, 0.6) is 5.75 Å². The first-order valence-corrected chi connectivity index (χ1v) is 8.34. The molecule has 1 heterocycles. The molecule has 0 atom stereocenters. The van der Waals surface area contributed by atoms with Gasteiger partial charge in [0, 0.05) is 30.2 Å². The molecule has 3 aromatic rings. The number of nitrogens with zero attached hydrogens (tertiary/aromatic N) is 1. The molecule has 0 bridgehead atoms. The van der Waals surface area contributed by atoms with Crippen molar-refractivity contribution in [2.75, 3.05) is 17.7 Å². The van der Waals surface area contributed by atoms with E-state index >= 15 is 0 Å². The topological polar surface area (TPSA) is 63.2 Å². The maximum absolute atomic E-state index is 12.5. The number of rotatable bonds is 6. The number of aryl methyl sites for hydroxylation is 1. The molecule has 2 N–H and O–H groups in total. The van der Waals surface area contributed by atoms with Crippen LogP contribution in [0.25, 0.3) is 0 Å². The summed E-state index contributed by atoms with van der Waals surface area (Å²) < 4.78 is 5.35. The van der Waals surface area contributed by atoms with Crippen molar-refractivity contribution < 1.29 is 9.53 Å². The molecule has 0 aliphatic heterocycles. The third kappa shape index (κ3) is 4.39. The number of amides is 1. The number of hydrogen-bond donors (Lipinski definition) is 2. The van der Waals surface area contributed by atoms with Gasteiger partial charge in [-0.05, 0) is 36.8 Å². The number of hydrogen-bond acceptors (Lipinski definition) is 4. The molecule has 1 aromatic heterocycles. The van der Waals surface area contributed by atoms with Crippen LogP contribution in [0.3, 0.4) is 0 Å². The normalized spacial score (nSPS) is 10.2. The van der Waals surface area contributed by atoms with E-state index in [0.29, 0.717) is 12.1 Å². The van der Waals surface area contributed by atoms with E-state index in [-0.39, 0.29) is 5.91 Å². The van der Waals surface area contributed by atoms with Gasteiger partial charge in [0.2, 0.25) is 0 Å². The molecule has 5 nitrogen and oxygen atoms in total. The van der Waals surface area contributed by atoms with Crippen molar-refractivity contribution in [1.82, 2.24) is 4.98 Å². The zero-order valence-corrected chi connectivity index (χ0v) is 14.8. The number of ether oxygens (including phenoxy) is 1. The molecule has 0 radical (unpaired) electrons. The lowest BCUT2D eigenvalue weighted by Crippen LogP contribution is -2.13. The molecule has 0 aliphatic carbocycles. The molecule has 1 amide bonds. The summed E-state index contributed by atoms with van der Waals surface area (Å²) in [5.41, 5.74) is 4.16. The molecule has 0 saturated carbocycles. The van der Waals surface area contributed by atoms with E-state index < -0.39 is 0 Å². The Labute approximate surface area is 153 Å². The van der Waals surface area contributed by atoms with Crippen LogP contribution < -0.4 is 15.4 Å². The van der Waals surface area contributed by atoms with Gasteiger partial charge in [-0.1, -0.05) is 30.3 Å². The Balaban J connectivity index is 1.68. The van der Waals surface area contributed by atoms with Crippen molar-refractivity contribution in [1.29, 1.82) is 0 Å². The Bertz CT molecular complexity index is 909. The van der Waals surface area contributed by atoms with Crippen LogP contribution >= 0.6 is 0 Å². The molecule has 5 heteroatoms. The van der Waals surface area contributed by atoms with Crippen LogP contribution in [-0.4, -0.2) is 18.0 Å². The maximum Gasteiger partial charge on any atom is 0.257 e. The Morgan fingerprint density at radius 1 is 1.04 bits per heavy atom. The predicted octanol–water partition coefficient (Wildman–Crippen LogP) is 4.26.